The van der Waals surface area contributed by atoms with Crippen LogP contribution >= 0.6 is 11.8 Å². The molecule has 4 rings (SSSR count). The van der Waals surface area contributed by atoms with Gasteiger partial charge in [0.2, 0.25) is 15.9 Å². The first-order valence-electron chi connectivity index (χ1n) is 9.81. The monoisotopic (exact) mass is 409 g/mol. The Morgan fingerprint density at radius 3 is 2.48 bits per heavy atom. The van der Waals surface area contributed by atoms with Crippen LogP contribution in [0.3, 0.4) is 0 Å². The van der Waals surface area contributed by atoms with E-state index in [9.17, 15) is 13.2 Å². The molecule has 1 amide bonds. The first-order valence-corrected chi connectivity index (χ1v) is 12.1. The molecule has 1 N–H and O–H groups in total. The van der Waals surface area contributed by atoms with Crippen LogP contribution in [0.15, 0.2) is 28.0 Å². The molecule has 0 bridgehead atoms. The van der Waals surface area contributed by atoms with Gasteiger partial charge in [-0.2, -0.15) is 4.31 Å². The number of hydrogen-bond acceptors (Lipinski definition) is 5. The Hall–Kier alpha value is -1.09. The fourth-order valence-electron chi connectivity index (χ4n) is 4.25. The Labute approximate surface area is 165 Å². The Kier molecular flexibility index (Phi) is 5.51. The van der Waals surface area contributed by atoms with E-state index in [4.69, 9.17) is 0 Å². The first kappa shape index (κ1) is 19.2. The summed E-state index contributed by atoms with van der Waals surface area (Å²) in [5.74, 6) is -0.0399. The summed E-state index contributed by atoms with van der Waals surface area (Å²) in [5.41, 5.74) is 0.698. The molecule has 2 heterocycles. The molecule has 1 aliphatic carbocycles. The predicted molar refractivity (Wildman–Crippen MR) is 108 cm³/mol. The summed E-state index contributed by atoms with van der Waals surface area (Å²) in [7, 11) is -3.50. The van der Waals surface area contributed by atoms with Crippen molar-refractivity contribution in [2.24, 2.45) is 0 Å². The second-order valence-corrected chi connectivity index (χ2v) is 11.0. The average molecular weight is 410 g/mol. The molecule has 1 saturated heterocycles. The summed E-state index contributed by atoms with van der Waals surface area (Å²) in [5, 5.41) is 2.62. The number of hydrogen-bond donors (Lipinski definition) is 1. The lowest BCUT2D eigenvalue weighted by atomic mass is 9.94. The lowest BCUT2D eigenvalue weighted by Gasteiger charge is -2.40. The second kappa shape index (κ2) is 7.73. The average Bonchev–Trinajstić information content (AvgIpc) is 2.69. The van der Waals surface area contributed by atoms with Crippen LogP contribution in [0.1, 0.15) is 39.0 Å². The van der Waals surface area contributed by atoms with Gasteiger partial charge in [0.15, 0.2) is 0 Å². The zero-order valence-corrected chi connectivity index (χ0v) is 17.3. The van der Waals surface area contributed by atoms with Gasteiger partial charge in [-0.1, -0.05) is 19.3 Å². The second-order valence-electron chi connectivity index (χ2n) is 7.64. The van der Waals surface area contributed by atoms with Crippen molar-refractivity contribution in [3.05, 3.63) is 18.2 Å². The van der Waals surface area contributed by atoms with E-state index in [1.807, 2.05) is 6.92 Å². The number of thioether (sulfide) groups is 1. The first-order chi connectivity index (χ1) is 12.9. The molecule has 3 aliphatic rings. The van der Waals surface area contributed by atoms with Gasteiger partial charge in [0.25, 0.3) is 0 Å². The molecule has 148 valence electrons. The van der Waals surface area contributed by atoms with Crippen LogP contribution in [0.2, 0.25) is 0 Å². The Morgan fingerprint density at radius 1 is 1.07 bits per heavy atom. The molecule has 1 unspecified atom stereocenters. The van der Waals surface area contributed by atoms with E-state index in [-0.39, 0.29) is 11.2 Å². The van der Waals surface area contributed by atoms with Crippen molar-refractivity contribution >= 4 is 33.4 Å². The summed E-state index contributed by atoms with van der Waals surface area (Å²) in [6.45, 7) is 4.56. The molecule has 6 nitrogen and oxygen atoms in total. The highest BCUT2D eigenvalue weighted by molar-refractivity contribution is 8.01. The third kappa shape index (κ3) is 3.90. The highest BCUT2D eigenvalue weighted by Crippen LogP contribution is 2.37. The number of nitrogens with zero attached hydrogens (tertiary/aromatic N) is 2. The largest absolute Gasteiger partial charge is 0.324 e. The zero-order chi connectivity index (χ0) is 19.0. The molecule has 1 aromatic rings. The van der Waals surface area contributed by atoms with Crippen LogP contribution in [0, 0.1) is 0 Å². The lowest BCUT2D eigenvalue weighted by molar-refractivity contribution is -0.115. The maximum absolute atomic E-state index is 13.1. The van der Waals surface area contributed by atoms with Crippen molar-refractivity contribution in [3.8, 4) is 0 Å². The van der Waals surface area contributed by atoms with Crippen molar-refractivity contribution in [1.29, 1.82) is 0 Å². The molecule has 0 radical (unpaired) electrons. The molecule has 1 aromatic carbocycles. The van der Waals surface area contributed by atoms with E-state index in [1.54, 1.807) is 22.5 Å². The minimum atomic E-state index is -3.50. The van der Waals surface area contributed by atoms with E-state index in [2.05, 4.69) is 10.2 Å². The number of carbonyl (C=O) groups is 1. The molecule has 0 spiro atoms. The number of piperazine rings is 1. The van der Waals surface area contributed by atoms with Crippen LogP contribution < -0.4 is 5.32 Å². The van der Waals surface area contributed by atoms with Crippen LogP contribution in [0.25, 0.3) is 0 Å². The lowest BCUT2D eigenvalue weighted by Crippen LogP contribution is -2.52. The molecule has 0 aromatic heterocycles. The minimum Gasteiger partial charge on any atom is -0.324 e. The quantitative estimate of drug-likeness (QED) is 0.831. The number of amides is 1. The van der Waals surface area contributed by atoms with E-state index < -0.39 is 10.0 Å². The summed E-state index contributed by atoms with van der Waals surface area (Å²) in [4.78, 5) is 15.4. The number of carbonyl (C=O) groups excluding carboxylic acids is 1. The zero-order valence-electron chi connectivity index (χ0n) is 15.7. The summed E-state index contributed by atoms with van der Waals surface area (Å²) >= 11 is 1.41. The maximum Gasteiger partial charge on any atom is 0.243 e. The van der Waals surface area contributed by atoms with E-state index in [0.29, 0.717) is 29.7 Å². The van der Waals surface area contributed by atoms with Crippen molar-refractivity contribution in [3.63, 3.8) is 0 Å². The van der Waals surface area contributed by atoms with E-state index in [1.165, 1.54) is 43.9 Å². The highest BCUT2D eigenvalue weighted by atomic mass is 32.2. The number of fused-ring (bicyclic) bond motifs is 1. The van der Waals surface area contributed by atoms with Gasteiger partial charge in [-0.05, 0) is 38.0 Å². The van der Waals surface area contributed by atoms with Crippen molar-refractivity contribution in [2.75, 3.05) is 31.5 Å². The highest BCUT2D eigenvalue weighted by Gasteiger charge is 2.32. The van der Waals surface area contributed by atoms with Gasteiger partial charge >= 0.3 is 0 Å². The van der Waals surface area contributed by atoms with Crippen molar-refractivity contribution < 1.29 is 13.2 Å². The molecule has 8 heteroatoms. The summed E-state index contributed by atoms with van der Waals surface area (Å²) in [6.07, 6.45) is 6.42. The van der Waals surface area contributed by atoms with E-state index >= 15 is 0 Å². The Morgan fingerprint density at radius 2 is 1.78 bits per heavy atom. The number of sulfonamides is 1. The normalized spacial score (nSPS) is 25.8. The van der Waals surface area contributed by atoms with Gasteiger partial charge < -0.3 is 5.32 Å². The number of benzene rings is 1. The van der Waals surface area contributed by atoms with Gasteiger partial charge in [-0.15, -0.1) is 11.8 Å². The smallest absolute Gasteiger partial charge is 0.243 e. The topological polar surface area (TPSA) is 69.7 Å². The third-order valence-corrected chi connectivity index (χ3v) is 8.94. The molecule has 1 atom stereocenters. The Balaban J connectivity index is 1.46. The van der Waals surface area contributed by atoms with E-state index in [0.717, 1.165) is 18.0 Å². The maximum atomic E-state index is 13.1. The van der Waals surface area contributed by atoms with Gasteiger partial charge in [-0.25, -0.2) is 8.42 Å². The number of anilines is 1. The van der Waals surface area contributed by atoms with Crippen molar-refractivity contribution in [1.82, 2.24) is 9.21 Å². The van der Waals surface area contributed by atoms with Gasteiger partial charge in [-0.3, -0.25) is 9.69 Å². The molecular formula is C19H27N3O3S2. The number of nitrogens with one attached hydrogen (secondary N) is 1. The third-order valence-electron chi connectivity index (χ3n) is 5.89. The van der Waals surface area contributed by atoms with Crippen LogP contribution in [-0.4, -0.2) is 61.0 Å². The standard InChI is InChI=1S/C19H27N3O3S2/c1-14-19(23)20-17-8-7-16(13-18(17)26-14)27(24,25)22-11-9-21(10-12-22)15-5-3-2-4-6-15/h7-8,13-15H,2-6,9-12H2,1H3,(H,20,23). The minimum absolute atomic E-state index is 0.0399. The van der Waals surface area contributed by atoms with Gasteiger partial charge in [0.1, 0.15) is 0 Å². The fraction of sp³-hybridized carbons (Fsp3) is 0.632. The molecular weight excluding hydrogens is 382 g/mol. The molecule has 2 fully saturated rings. The molecule has 27 heavy (non-hydrogen) atoms. The van der Waals surface area contributed by atoms with Crippen LogP contribution in [-0.2, 0) is 14.8 Å². The molecule has 2 aliphatic heterocycles. The predicted octanol–water partition coefficient (Wildman–Crippen LogP) is 2.76. The Bertz CT molecular complexity index is 813. The SMILES string of the molecule is CC1Sc2cc(S(=O)(=O)N3CCN(C4CCCCC4)CC3)ccc2NC1=O. The molecule has 1 saturated carbocycles. The van der Waals surface area contributed by atoms with Crippen LogP contribution in [0.5, 0.6) is 0 Å². The fourth-order valence-corrected chi connectivity index (χ4v) is 6.76. The number of rotatable bonds is 3. The van der Waals surface area contributed by atoms with Crippen molar-refractivity contribution in [2.45, 2.75) is 60.1 Å². The van der Waals surface area contributed by atoms with Gasteiger partial charge in [0, 0.05) is 37.1 Å². The summed E-state index contributed by atoms with van der Waals surface area (Å²) in [6, 6.07) is 5.66. The van der Waals surface area contributed by atoms with Crippen LogP contribution in [0.4, 0.5) is 5.69 Å². The summed E-state index contributed by atoms with van der Waals surface area (Å²) < 4.78 is 27.8. The van der Waals surface area contributed by atoms with Gasteiger partial charge in [0.05, 0.1) is 15.8 Å².